The Bertz CT molecular complexity index is 292. The van der Waals surface area contributed by atoms with Crippen LogP contribution in [0.3, 0.4) is 0 Å². The first kappa shape index (κ1) is 17.3. The van der Waals surface area contributed by atoms with Crippen molar-refractivity contribution >= 4 is 0 Å². The smallest absolute Gasteiger partial charge is 0.0359 e. The fraction of sp³-hybridized carbons (Fsp3) is 1.00. The number of nitrogens with one attached hydrogen (secondary N) is 1. The summed E-state index contributed by atoms with van der Waals surface area (Å²) in [7, 11) is 0. The van der Waals surface area contributed by atoms with Crippen LogP contribution >= 0.6 is 0 Å². The molecule has 2 aliphatic rings. The number of likely N-dealkylation sites (tertiary alicyclic amines) is 1. The number of rotatable bonds is 7. The molecule has 1 saturated heterocycles. The van der Waals surface area contributed by atoms with E-state index in [4.69, 9.17) is 0 Å². The van der Waals surface area contributed by atoms with Crippen molar-refractivity contribution in [3.63, 3.8) is 0 Å². The van der Waals surface area contributed by atoms with E-state index in [1.54, 1.807) is 0 Å². The van der Waals surface area contributed by atoms with Crippen LogP contribution in [0.25, 0.3) is 0 Å². The zero-order chi connectivity index (χ0) is 15.3. The fourth-order valence-corrected chi connectivity index (χ4v) is 5.30. The summed E-state index contributed by atoms with van der Waals surface area (Å²) in [6.07, 6.45) is 11.2. The first-order valence-corrected chi connectivity index (χ1v) is 9.66. The summed E-state index contributed by atoms with van der Waals surface area (Å²) in [5, 5.41) is 3.95. The average molecular weight is 295 g/mol. The number of hydrogen-bond acceptors (Lipinski definition) is 2. The van der Waals surface area contributed by atoms with Crippen LogP contribution in [0.4, 0.5) is 0 Å². The van der Waals surface area contributed by atoms with Gasteiger partial charge in [0.25, 0.3) is 0 Å². The molecule has 0 bridgehead atoms. The van der Waals surface area contributed by atoms with Crippen molar-refractivity contribution in [2.24, 2.45) is 11.8 Å². The molecule has 0 amide bonds. The number of nitrogens with zero attached hydrogens (tertiary/aromatic N) is 1. The molecule has 0 aromatic rings. The van der Waals surface area contributed by atoms with Crippen LogP contribution in [0.15, 0.2) is 0 Å². The lowest BCUT2D eigenvalue weighted by atomic mass is 9.69. The third-order valence-corrected chi connectivity index (χ3v) is 6.41. The molecule has 1 aliphatic heterocycles. The Kier molecular flexibility index (Phi) is 6.55. The largest absolute Gasteiger partial charge is 0.312 e. The van der Waals surface area contributed by atoms with E-state index in [2.05, 4.69) is 37.9 Å². The Morgan fingerprint density at radius 3 is 2.24 bits per heavy atom. The summed E-state index contributed by atoms with van der Waals surface area (Å²) in [4.78, 5) is 2.85. The maximum atomic E-state index is 3.95. The van der Waals surface area contributed by atoms with E-state index in [-0.39, 0.29) is 0 Å². The quantitative estimate of drug-likeness (QED) is 0.746. The van der Waals surface area contributed by atoms with E-state index in [0.717, 1.165) is 18.4 Å². The van der Waals surface area contributed by atoms with Crippen LogP contribution in [-0.4, -0.2) is 36.1 Å². The fourth-order valence-electron chi connectivity index (χ4n) is 5.30. The maximum absolute atomic E-state index is 3.95. The molecule has 3 atom stereocenters. The highest BCUT2D eigenvalue weighted by Crippen LogP contribution is 2.40. The van der Waals surface area contributed by atoms with Gasteiger partial charge < -0.3 is 5.32 Å². The van der Waals surface area contributed by atoms with Crippen LogP contribution < -0.4 is 5.32 Å². The molecular formula is C19H38N2. The highest BCUT2D eigenvalue weighted by atomic mass is 15.2. The Morgan fingerprint density at radius 2 is 1.71 bits per heavy atom. The van der Waals surface area contributed by atoms with Crippen LogP contribution in [0.2, 0.25) is 0 Å². The van der Waals surface area contributed by atoms with E-state index >= 15 is 0 Å². The standard InChI is InChI=1S/C19H38N2/c1-5-19(6-2,21-13-8-9-14-21)18(20-7-3)17-12-10-11-16(4)15-17/h16-18,20H,5-15H2,1-4H3. The molecule has 1 N–H and O–H groups in total. The summed E-state index contributed by atoms with van der Waals surface area (Å²) < 4.78 is 0. The summed E-state index contributed by atoms with van der Waals surface area (Å²) in [6, 6.07) is 0.693. The average Bonchev–Trinajstić information content (AvgIpc) is 3.03. The molecule has 1 heterocycles. The van der Waals surface area contributed by atoms with E-state index < -0.39 is 0 Å². The van der Waals surface area contributed by atoms with Gasteiger partial charge in [-0.2, -0.15) is 0 Å². The van der Waals surface area contributed by atoms with Gasteiger partial charge in [0.2, 0.25) is 0 Å². The molecular weight excluding hydrogens is 256 g/mol. The SMILES string of the molecule is CCNC(C1CCCC(C)C1)C(CC)(CC)N1CCCC1. The van der Waals surface area contributed by atoms with Gasteiger partial charge in [-0.25, -0.2) is 0 Å². The molecule has 3 unspecified atom stereocenters. The van der Waals surface area contributed by atoms with Crippen molar-refractivity contribution in [2.45, 2.75) is 90.6 Å². The highest BCUT2D eigenvalue weighted by Gasteiger charge is 2.45. The lowest BCUT2D eigenvalue weighted by molar-refractivity contribution is 0.0241. The topological polar surface area (TPSA) is 15.3 Å². The van der Waals surface area contributed by atoms with Crippen molar-refractivity contribution < 1.29 is 0 Å². The Morgan fingerprint density at radius 1 is 1.05 bits per heavy atom. The van der Waals surface area contributed by atoms with Gasteiger partial charge >= 0.3 is 0 Å². The normalized spacial score (nSPS) is 29.7. The summed E-state index contributed by atoms with van der Waals surface area (Å²) in [5.74, 6) is 1.81. The zero-order valence-electron chi connectivity index (χ0n) is 15.0. The Labute approximate surface area is 133 Å². The van der Waals surface area contributed by atoms with E-state index in [9.17, 15) is 0 Å². The van der Waals surface area contributed by atoms with Gasteiger partial charge in [-0.15, -0.1) is 0 Å². The van der Waals surface area contributed by atoms with E-state index in [1.807, 2.05) is 0 Å². The van der Waals surface area contributed by atoms with Crippen LogP contribution in [0.5, 0.6) is 0 Å². The second kappa shape index (κ2) is 7.97. The second-order valence-electron chi connectivity index (χ2n) is 7.57. The molecule has 1 aliphatic carbocycles. The first-order chi connectivity index (χ1) is 10.2. The molecule has 1 saturated carbocycles. The summed E-state index contributed by atoms with van der Waals surface area (Å²) in [6.45, 7) is 13.4. The molecule has 2 heteroatoms. The van der Waals surface area contributed by atoms with Crippen molar-refractivity contribution in [3.8, 4) is 0 Å². The number of likely N-dealkylation sites (N-methyl/N-ethyl adjacent to an activating group) is 1. The van der Waals surface area contributed by atoms with Gasteiger partial charge in [0.1, 0.15) is 0 Å². The lowest BCUT2D eigenvalue weighted by Crippen LogP contribution is -2.63. The van der Waals surface area contributed by atoms with E-state index in [1.165, 1.54) is 64.5 Å². The third kappa shape index (κ3) is 3.64. The molecule has 0 spiro atoms. The zero-order valence-corrected chi connectivity index (χ0v) is 15.0. The van der Waals surface area contributed by atoms with Gasteiger partial charge in [0.15, 0.2) is 0 Å². The summed E-state index contributed by atoms with van der Waals surface area (Å²) in [5.41, 5.74) is 0.397. The van der Waals surface area contributed by atoms with Crippen molar-refractivity contribution in [3.05, 3.63) is 0 Å². The maximum Gasteiger partial charge on any atom is 0.0359 e. The third-order valence-electron chi connectivity index (χ3n) is 6.41. The van der Waals surface area contributed by atoms with Crippen LogP contribution in [-0.2, 0) is 0 Å². The molecule has 2 rings (SSSR count). The minimum absolute atomic E-state index is 0.397. The van der Waals surface area contributed by atoms with Crippen molar-refractivity contribution in [1.82, 2.24) is 10.2 Å². The van der Waals surface area contributed by atoms with Crippen LogP contribution in [0, 0.1) is 11.8 Å². The molecule has 124 valence electrons. The monoisotopic (exact) mass is 294 g/mol. The molecule has 0 radical (unpaired) electrons. The number of hydrogen-bond donors (Lipinski definition) is 1. The molecule has 21 heavy (non-hydrogen) atoms. The summed E-state index contributed by atoms with van der Waals surface area (Å²) >= 11 is 0. The first-order valence-electron chi connectivity index (χ1n) is 9.66. The Balaban J connectivity index is 2.22. The highest BCUT2D eigenvalue weighted by molar-refractivity contribution is 5.03. The molecule has 2 fully saturated rings. The molecule has 0 aromatic carbocycles. The van der Waals surface area contributed by atoms with Crippen molar-refractivity contribution in [1.29, 1.82) is 0 Å². The van der Waals surface area contributed by atoms with Crippen molar-refractivity contribution in [2.75, 3.05) is 19.6 Å². The minimum atomic E-state index is 0.397. The van der Waals surface area contributed by atoms with Gasteiger partial charge in [0, 0.05) is 11.6 Å². The van der Waals surface area contributed by atoms with Crippen LogP contribution in [0.1, 0.15) is 79.1 Å². The van der Waals surface area contributed by atoms with Gasteiger partial charge in [0.05, 0.1) is 0 Å². The predicted octanol–water partition coefficient (Wildman–Crippen LogP) is 4.45. The van der Waals surface area contributed by atoms with E-state index in [0.29, 0.717) is 11.6 Å². The molecule has 2 nitrogen and oxygen atoms in total. The Hall–Kier alpha value is -0.0800. The minimum Gasteiger partial charge on any atom is -0.312 e. The van der Waals surface area contributed by atoms with Gasteiger partial charge in [-0.1, -0.05) is 40.5 Å². The molecule has 0 aromatic heterocycles. The predicted molar refractivity (Wildman–Crippen MR) is 92.7 cm³/mol. The second-order valence-corrected chi connectivity index (χ2v) is 7.57. The lowest BCUT2D eigenvalue weighted by Gasteiger charge is -2.51. The van der Waals surface area contributed by atoms with Gasteiger partial charge in [-0.3, -0.25) is 4.90 Å². The van der Waals surface area contributed by atoms with Gasteiger partial charge in [-0.05, 0) is 70.0 Å².